The van der Waals surface area contributed by atoms with Crippen LogP contribution in [0.4, 0.5) is 33.2 Å². The maximum atomic E-state index is 13.7. The van der Waals surface area contributed by atoms with Crippen molar-refractivity contribution in [2.75, 3.05) is 21.6 Å². The fraction of sp³-hybridized carbons (Fsp3) is 0.133. The summed E-state index contributed by atoms with van der Waals surface area (Å²) in [6, 6.07) is 6.18. The van der Waals surface area contributed by atoms with Gasteiger partial charge in [0.15, 0.2) is 23.3 Å². The third-order valence-corrected chi connectivity index (χ3v) is 3.60. The lowest BCUT2D eigenvalue weighted by molar-refractivity contribution is 0.603. The van der Waals surface area contributed by atoms with E-state index in [1.165, 1.54) is 24.6 Å². The van der Waals surface area contributed by atoms with Crippen LogP contribution in [-0.4, -0.2) is 31.0 Å². The van der Waals surface area contributed by atoms with Crippen molar-refractivity contribution >= 4 is 40.2 Å². The Morgan fingerprint density at radius 2 is 1.88 bits per heavy atom. The Morgan fingerprint density at radius 1 is 1.12 bits per heavy atom. The minimum absolute atomic E-state index is 0.139. The first-order valence-electron chi connectivity index (χ1n) is 7.27. The zero-order valence-electron chi connectivity index (χ0n) is 13.5. The normalized spacial score (nSPS) is 11.8. The molecule has 0 saturated heterocycles. The van der Waals surface area contributed by atoms with Gasteiger partial charge in [0.05, 0.1) is 23.8 Å². The maximum Gasteiger partial charge on any atom is 0.153 e. The smallest absolute Gasteiger partial charge is 0.153 e. The number of anilines is 5. The predicted octanol–water partition coefficient (Wildman–Crippen LogP) is 2.84. The highest BCUT2D eigenvalue weighted by molar-refractivity contribution is 7.92. The molecule has 8 nitrogen and oxygen atoms in total. The van der Waals surface area contributed by atoms with Crippen LogP contribution < -0.4 is 15.4 Å². The standard InChI is InChI=1S/C15H16FN7OS/c1-9-5-13(22-21-9)19-15-8-17-7-14(20-15)18-10-3-4-11(16)12(6-10)23-25(2)24/h3-8,23H,1-2H3,(H3,18,19,20,21,22). The minimum atomic E-state index is -1.37. The van der Waals surface area contributed by atoms with Crippen molar-refractivity contribution in [2.24, 2.45) is 0 Å². The summed E-state index contributed by atoms with van der Waals surface area (Å²) in [5.74, 6) is 1.11. The van der Waals surface area contributed by atoms with Gasteiger partial charge in [0.1, 0.15) is 11.9 Å². The molecule has 3 aromatic rings. The van der Waals surface area contributed by atoms with Gasteiger partial charge < -0.3 is 15.2 Å². The van der Waals surface area contributed by atoms with E-state index >= 15 is 0 Å². The molecule has 4 N–H and O–H groups in total. The van der Waals surface area contributed by atoms with E-state index in [1.807, 2.05) is 13.0 Å². The summed E-state index contributed by atoms with van der Waals surface area (Å²) in [5.41, 5.74) is 1.64. The van der Waals surface area contributed by atoms with Crippen molar-refractivity contribution in [1.82, 2.24) is 20.2 Å². The fourth-order valence-corrected chi connectivity index (χ4v) is 2.55. The third-order valence-electron chi connectivity index (χ3n) is 3.09. The van der Waals surface area contributed by atoms with Gasteiger partial charge in [0.25, 0.3) is 0 Å². The minimum Gasteiger partial charge on any atom is -0.593 e. The van der Waals surface area contributed by atoms with E-state index in [4.69, 9.17) is 0 Å². The van der Waals surface area contributed by atoms with Gasteiger partial charge in [-0.15, -0.1) is 0 Å². The Hall–Kier alpha value is -2.85. The molecule has 0 spiro atoms. The molecule has 0 fully saturated rings. The molecule has 1 unspecified atom stereocenters. The lowest BCUT2D eigenvalue weighted by Crippen LogP contribution is -2.11. The summed E-state index contributed by atoms with van der Waals surface area (Å²) >= 11 is -1.37. The summed E-state index contributed by atoms with van der Waals surface area (Å²) < 4.78 is 27.5. The number of hydrogen-bond acceptors (Lipinski definition) is 7. The number of H-pyrrole nitrogens is 1. The average molecular weight is 361 g/mol. The Morgan fingerprint density at radius 3 is 2.56 bits per heavy atom. The molecule has 0 aliphatic rings. The number of nitrogens with one attached hydrogen (secondary N) is 4. The van der Waals surface area contributed by atoms with Crippen LogP contribution in [0, 0.1) is 12.7 Å². The van der Waals surface area contributed by atoms with E-state index in [9.17, 15) is 8.94 Å². The molecule has 3 rings (SSSR count). The molecule has 2 aromatic heterocycles. The molecule has 0 aliphatic carbocycles. The summed E-state index contributed by atoms with van der Waals surface area (Å²) in [6.07, 6.45) is 4.53. The highest BCUT2D eigenvalue weighted by atomic mass is 32.2. The first-order valence-corrected chi connectivity index (χ1v) is 8.83. The SMILES string of the molecule is Cc1cc(Nc2cncc(Nc3ccc(F)c(N[S+](C)[O-])c3)n2)n[nH]1. The molecular formula is C15H16FN7OS. The highest BCUT2D eigenvalue weighted by Crippen LogP contribution is 2.23. The van der Waals surface area contributed by atoms with Gasteiger partial charge in [-0.3, -0.25) is 10.1 Å². The largest absolute Gasteiger partial charge is 0.593 e. The molecule has 2 heterocycles. The zero-order valence-corrected chi connectivity index (χ0v) is 14.3. The number of aromatic amines is 1. The molecular weight excluding hydrogens is 345 g/mol. The van der Waals surface area contributed by atoms with Crippen molar-refractivity contribution in [3.8, 4) is 0 Å². The van der Waals surface area contributed by atoms with Crippen LogP contribution in [-0.2, 0) is 11.4 Å². The zero-order chi connectivity index (χ0) is 17.8. The van der Waals surface area contributed by atoms with Crippen molar-refractivity contribution in [3.63, 3.8) is 0 Å². The fourth-order valence-electron chi connectivity index (χ4n) is 2.08. The monoisotopic (exact) mass is 361 g/mol. The second kappa shape index (κ2) is 7.36. The number of hydrogen-bond donors (Lipinski definition) is 4. The molecule has 0 saturated carbocycles. The van der Waals surface area contributed by atoms with Gasteiger partial charge in [0.2, 0.25) is 0 Å². The van der Waals surface area contributed by atoms with Gasteiger partial charge in [0, 0.05) is 17.4 Å². The van der Waals surface area contributed by atoms with E-state index in [1.54, 1.807) is 12.3 Å². The topological polar surface area (TPSA) is 114 Å². The third kappa shape index (κ3) is 4.58. The van der Waals surface area contributed by atoms with Crippen LogP contribution in [0.15, 0.2) is 36.7 Å². The second-order valence-electron chi connectivity index (χ2n) is 5.23. The summed E-state index contributed by atoms with van der Waals surface area (Å²) in [7, 11) is 0. The average Bonchev–Trinajstić information content (AvgIpc) is 2.95. The van der Waals surface area contributed by atoms with Crippen LogP contribution in [0.5, 0.6) is 0 Å². The first kappa shape index (κ1) is 17.0. The van der Waals surface area contributed by atoms with Crippen molar-refractivity contribution in [2.45, 2.75) is 6.92 Å². The molecule has 0 amide bonds. The van der Waals surface area contributed by atoms with Crippen LogP contribution >= 0.6 is 0 Å². The van der Waals surface area contributed by atoms with Crippen LogP contribution in [0.1, 0.15) is 5.69 Å². The summed E-state index contributed by atoms with van der Waals surface area (Å²) in [4.78, 5) is 8.48. The second-order valence-corrected chi connectivity index (χ2v) is 6.34. The van der Waals surface area contributed by atoms with Crippen LogP contribution in [0.25, 0.3) is 0 Å². The first-order chi connectivity index (χ1) is 12.0. The Bertz CT molecular complexity index is 871. The number of nitrogens with zero attached hydrogens (tertiary/aromatic N) is 3. The summed E-state index contributed by atoms with van der Waals surface area (Å²) in [6.45, 7) is 1.89. The van der Waals surface area contributed by atoms with E-state index in [2.05, 4.69) is 35.5 Å². The van der Waals surface area contributed by atoms with Gasteiger partial charge in [-0.2, -0.15) is 5.10 Å². The predicted molar refractivity (Wildman–Crippen MR) is 96.0 cm³/mol. The van der Waals surface area contributed by atoms with Gasteiger partial charge >= 0.3 is 0 Å². The van der Waals surface area contributed by atoms with Crippen LogP contribution in [0.3, 0.4) is 0 Å². The Kier molecular flexibility index (Phi) is 5.00. The van der Waals surface area contributed by atoms with E-state index < -0.39 is 17.2 Å². The molecule has 1 atom stereocenters. The van der Waals surface area contributed by atoms with Gasteiger partial charge in [-0.25, -0.2) is 14.1 Å². The number of rotatable bonds is 6. The number of aryl methyl sites for hydroxylation is 1. The number of halogens is 1. The molecule has 1 aromatic carbocycles. The molecule has 0 aliphatic heterocycles. The number of aromatic nitrogens is 4. The maximum absolute atomic E-state index is 13.7. The van der Waals surface area contributed by atoms with Crippen molar-refractivity contribution < 1.29 is 8.94 Å². The molecule has 25 heavy (non-hydrogen) atoms. The molecule has 10 heteroatoms. The van der Waals surface area contributed by atoms with E-state index in [0.717, 1.165) is 5.69 Å². The van der Waals surface area contributed by atoms with E-state index in [0.29, 0.717) is 23.1 Å². The molecule has 0 bridgehead atoms. The quantitative estimate of drug-likeness (QED) is 0.499. The Balaban J connectivity index is 1.75. The Labute approximate surface area is 146 Å². The summed E-state index contributed by atoms with van der Waals surface area (Å²) in [5, 5.41) is 13.0. The van der Waals surface area contributed by atoms with Gasteiger partial charge in [-0.1, -0.05) is 0 Å². The number of benzene rings is 1. The molecule has 0 radical (unpaired) electrons. The van der Waals surface area contributed by atoms with E-state index in [-0.39, 0.29) is 5.69 Å². The highest BCUT2D eigenvalue weighted by Gasteiger charge is 2.09. The van der Waals surface area contributed by atoms with Gasteiger partial charge in [-0.05, 0) is 25.1 Å². The van der Waals surface area contributed by atoms with Crippen LogP contribution in [0.2, 0.25) is 0 Å². The molecule has 130 valence electrons. The lowest BCUT2D eigenvalue weighted by atomic mass is 10.2. The van der Waals surface area contributed by atoms with Crippen molar-refractivity contribution in [1.29, 1.82) is 0 Å². The lowest BCUT2D eigenvalue weighted by Gasteiger charge is -2.11. The van der Waals surface area contributed by atoms with Crippen molar-refractivity contribution in [3.05, 3.63) is 48.2 Å².